The highest BCUT2D eigenvalue weighted by Crippen LogP contribution is 2.21. The summed E-state index contributed by atoms with van der Waals surface area (Å²) in [4.78, 5) is 31.0. The van der Waals surface area contributed by atoms with Crippen molar-refractivity contribution in [2.75, 3.05) is 26.0 Å². The molecule has 1 amide bonds. The Morgan fingerprint density at radius 1 is 0.946 bits per heavy atom. The van der Waals surface area contributed by atoms with E-state index in [4.69, 9.17) is 0 Å². The fourth-order valence-corrected chi connectivity index (χ4v) is 3.84. The van der Waals surface area contributed by atoms with Crippen LogP contribution in [0.15, 0.2) is 77.7 Å². The number of hydrogen-bond acceptors (Lipinski definition) is 5. The largest absolute Gasteiger partial charge is 0.325 e. The second kappa shape index (κ2) is 11.7. The van der Waals surface area contributed by atoms with Crippen molar-refractivity contribution in [3.63, 3.8) is 0 Å². The van der Waals surface area contributed by atoms with E-state index < -0.39 is 11.6 Å². The van der Waals surface area contributed by atoms with E-state index in [-0.39, 0.29) is 29.3 Å². The molecule has 0 radical (unpaired) electrons. The Bertz CT molecular complexity index is 1430. The Morgan fingerprint density at radius 3 is 2.41 bits per heavy atom. The molecule has 4 aromatic rings. The van der Waals surface area contributed by atoms with Crippen molar-refractivity contribution in [2.24, 2.45) is 0 Å². The number of amides is 1. The summed E-state index contributed by atoms with van der Waals surface area (Å²) in [7, 11) is 3.94. The standard InChI is InChI=1S/C28H27F2N5O2/c1-34(2)12-4-7-27(36)32-24-8-9-25(31-17-24)20-6-3-5-19(13-20)18-35-28(37)11-10-26(33-35)21-14-22(29)16-23(30)15-21/h3,5-6,8-11,13-17H,4,7,12,18H2,1-2H3,(H,32,36). The summed E-state index contributed by atoms with van der Waals surface area (Å²) in [6, 6.07) is 17.0. The molecule has 0 atom stereocenters. The molecule has 2 heterocycles. The zero-order valence-electron chi connectivity index (χ0n) is 20.6. The highest BCUT2D eigenvalue weighted by atomic mass is 19.1. The van der Waals surface area contributed by atoms with Crippen LogP contribution in [0.2, 0.25) is 0 Å². The van der Waals surface area contributed by atoms with E-state index in [0.717, 1.165) is 30.2 Å². The maximum Gasteiger partial charge on any atom is 0.267 e. The van der Waals surface area contributed by atoms with Crippen molar-refractivity contribution < 1.29 is 13.6 Å². The highest BCUT2D eigenvalue weighted by Gasteiger charge is 2.09. The van der Waals surface area contributed by atoms with E-state index in [1.54, 1.807) is 12.3 Å². The van der Waals surface area contributed by atoms with Gasteiger partial charge in [0.25, 0.3) is 5.56 Å². The first-order valence-electron chi connectivity index (χ1n) is 11.8. The fraction of sp³-hybridized carbons (Fsp3) is 0.214. The summed E-state index contributed by atoms with van der Waals surface area (Å²) < 4.78 is 28.5. The molecule has 190 valence electrons. The number of aromatic nitrogens is 3. The number of rotatable bonds is 9. The van der Waals surface area contributed by atoms with Gasteiger partial charge in [0.15, 0.2) is 0 Å². The third-order valence-electron chi connectivity index (χ3n) is 5.64. The molecule has 0 saturated carbocycles. The van der Waals surface area contributed by atoms with Crippen molar-refractivity contribution in [3.8, 4) is 22.5 Å². The minimum atomic E-state index is -0.718. The van der Waals surface area contributed by atoms with E-state index in [1.165, 1.54) is 28.9 Å². The second-order valence-electron chi connectivity index (χ2n) is 8.96. The van der Waals surface area contributed by atoms with Gasteiger partial charge in [-0.05, 0) is 69.0 Å². The molecule has 37 heavy (non-hydrogen) atoms. The molecule has 2 aromatic heterocycles. The Morgan fingerprint density at radius 2 is 1.70 bits per heavy atom. The maximum absolute atomic E-state index is 13.6. The normalized spacial score (nSPS) is 11.1. The van der Waals surface area contributed by atoms with Crippen molar-refractivity contribution in [1.29, 1.82) is 0 Å². The van der Waals surface area contributed by atoms with Gasteiger partial charge in [-0.1, -0.05) is 18.2 Å². The molecule has 0 bridgehead atoms. The number of anilines is 1. The molecule has 0 fully saturated rings. The quantitative estimate of drug-likeness (QED) is 0.362. The third-order valence-corrected chi connectivity index (χ3v) is 5.64. The lowest BCUT2D eigenvalue weighted by molar-refractivity contribution is -0.116. The van der Waals surface area contributed by atoms with Crippen molar-refractivity contribution >= 4 is 11.6 Å². The lowest BCUT2D eigenvalue weighted by Crippen LogP contribution is -2.22. The van der Waals surface area contributed by atoms with Crippen LogP contribution in [0.4, 0.5) is 14.5 Å². The zero-order valence-corrected chi connectivity index (χ0v) is 20.6. The average Bonchev–Trinajstić information content (AvgIpc) is 2.85. The topological polar surface area (TPSA) is 80.1 Å². The number of carbonyl (C=O) groups excluding carboxylic acids is 1. The Kier molecular flexibility index (Phi) is 8.15. The van der Waals surface area contributed by atoms with Gasteiger partial charge in [-0.2, -0.15) is 5.10 Å². The first-order valence-corrected chi connectivity index (χ1v) is 11.8. The fourth-order valence-electron chi connectivity index (χ4n) is 3.84. The van der Waals surface area contributed by atoms with Crippen molar-refractivity contribution in [2.45, 2.75) is 19.4 Å². The summed E-state index contributed by atoms with van der Waals surface area (Å²) in [6.07, 6.45) is 2.82. The van der Waals surface area contributed by atoms with E-state index in [0.29, 0.717) is 17.8 Å². The summed E-state index contributed by atoms with van der Waals surface area (Å²) in [5.74, 6) is -1.49. The van der Waals surface area contributed by atoms with E-state index in [2.05, 4.69) is 15.4 Å². The second-order valence-corrected chi connectivity index (χ2v) is 8.96. The molecule has 9 heteroatoms. The summed E-state index contributed by atoms with van der Waals surface area (Å²) in [5, 5.41) is 7.16. The number of carbonyl (C=O) groups is 1. The van der Waals surface area contributed by atoms with Gasteiger partial charge in [-0.15, -0.1) is 0 Å². The SMILES string of the molecule is CN(C)CCCC(=O)Nc1ccc(-c2cccc(Cn3nc(-c4cc(F)cc(F)c4)ccc3=O)c2)nc1. The van der Waals surface area contributed by atoms with Crippen LogP contribution >= 0.6 is 0 Å². The van der Waals surface area contributed by atoms with Gasteiger partial charge in [0.1, 0.15) is 11.6 Å². The van der Waals surface area contributed by atoms with Gasteiger partial charge < -0.3 is 10.2 Å². The van der Waals surface area contributed by atoms with E-state index in [9.17, 15) is 18.4 Å². The van der Waals surface area contributed by atoms with Crippen LogP contribution in [0.3, 0.4) is 0 Å². The van der Waals surface area contributed by atoms with Crippen LogP contribution in [-0.4, -0.2) is 46.2 Å². The van der Waals surface area contributed by atoms with Gasteiger partial charge in [0.05, 0.1) is 29.8 Å². The molecule has 0 saturated heterocycles. The Hall–Kier alpha value is -4.24. The molecule has 0 aliphatic heterocycles. The predicted molar refractivity (Wildman–Crippen MR) is 139 cm³/mol. The van der Waals surface area contributed by atoms with Crippen molar-refractivity contribution in [3.05, 3.63) is 100 Å². The smallest absolute Gasteiger partial charge is 0.267 e. The van der Waals surface area contributed by atoms with Crippen LogP contribution in [0.25, 0.3) is 22.5 Å². The summed E-state index contributed by atoms with van der Waals surface area (Å²) >= 11 is 0. The van der Waals surface area contributed by atoms with Crippen LogP contribution in [0, 0.1) is 11.6 Å². The minimum Gasteiger partial charge on any atom is -0.325 e. The molecule has 4 rings (SSSR count). The first-order chi connectivity index (χ1) is 17.8. The highest BCUT2D eigenvalue weighted by molar-refractivity contribution is 5.90. The predicted octanol–water partition coefficient (Wildman–Crippen LogP) is 4.58. The molecule has 0 unspecified atom stereocenters. The Balaban J connectivity index is 1.47. The van der Waals surface area contributed by atoms with Crippen LogP contribution in [0.1, 0.15) is 18.4 Å². The molecule has 1 N–H and O–H groups in total. The summed E-state index contributed by atoms with van der Waals surface area (Å²) in [6.45, 7) is 1.01. The molecule has 0 aliphatic carbocycles. The maximum atomic E-state index is 13.6. The molecule has 0 spiro atoms. The lowest BCUT2D eigenvalue weighted by atomic mass is 10.1. The van der Waals surface area contributed by atoms with Gasteiger partial charge in [-0.3, -0.25) is 14.6 Å². The molecule has 7 nitrogen and oxygen atoms in total. The number of nitrogens with zero attached hydrogens (tertiary/aromatic N) is 4. The Labute approximate surface area is 213 Å². The number of pyridine rings is 1. The molecular weight excluding hydrogens is 476 g/mol. The monoisotopic (exact) mass is 503 g/mol. The first kappa shape index (κ1) is 25.8. The average molecular weight is 504 g/mol. The number of benzene rings is 2. The van der Waals surface area contributed by atoms with E-state index in [1.807, 2.05) is 49.3 Å². The molecule has 0 aliphatic rings. The van der Waals surface area contributed by atoms with Gasteiger partial charge in [-0.25, -0.2) is 13.5 Å². The number of hydrogen-bond donors (Lipinski definition) is 1. The van der Waals surface area contributed by atoms with Gasteiger partial charge >= 0.3 is 0 Å². The minimum absolute atomic E-state index is 0.0560. The number of nitrogens with one attached hydrogen (secondary N) is 1. The third kappa shape index (κ3) is 7.14. The van der Waals surface area contributed by atoms with Crippen LogP contribution in [0.5, 0.6) is 0 Å². The van der Waals surface area contributed by atoms with Gasteiger partial charge in [0.2, 0.25) is 5.91 Å². The van der Waals surface area contributed by atoms with Crippen molar-refractivity contribution in [1.82, 2.24) is 19.7 Å². The molecule has 2 aromatic carbocycles. The molecular formula is C28H27F2N5O2. The van der Waals surface area contributed by atoms with E-state index >= 15 is 0 Å². The zero-order chi connectivity index (χ0) is 26.4. The lowest BCUT2D eigenvalue weighted by Gasteiger charge is -2.10. The summed E-state index contributed by atoms with van der Waals surface area (Å²) in [5.41, 5.74) is 3.15. The van der Waals surface area contributed by atoms with Crippen LogP contribution in [-0.2, 0) is 11.3 Å². The number of halogens is 2. The van der Waals surface area contributed by atoms with Crippen LogP contribution < -0.4 is 10.9 Å². The van der Waals surface area contributed by atoms with Gasteiger partial charge in [0, 0.05) is 29.7 Å².